The average molecular weight is 335 g/mol. The van der Waals surface area contributed by atoms with Gasteiger partial charge in [0.15, 0.2) is 0 Å². The van der Waals surface area contributed by atoms with Crippen LogP contribution in [-0.2, 0) is 6.18 Å². The Hall–Kier alpha value is -1.27. The van der Waals surface area contributed by atoms with Crippen molar-refractivity contribution < 1.29 is 18.0 Å². The molecular formula is C15H18ClF3N2O. The highest BCUT2D eigenvalue weighted by Crippen LogP contribution is 2.32. The number of carbonyl (C=O) groups is 1. The smallest absolute Gasteiger partial charge is 0.338 e. The monoisotopic (exact) mass is 334 g/mol. The number of hydrogen-bond acceptors (Lipinski definition) is 2. The molecule has 2 rings (SSSR count). The number of alkyl halides is 3. The molecule has 0 radical (unpaired) electrons. The second kappa shape index (κ2) is 6.46. The van der Waals surface area contributed by atoms with Crippen LogP contribution in [0.15, 0.2) is 18.2 Å². The van der Waals surface area contributed by atoms with Crippen LogP contribution in [0.5, 0.6) is 0 Å². The number of hydrogen-bond donors (Lipinski definition) is 0. The summed E-state index contributed by atoms with van der Waals surface area (Å²) in [5.41, 5.74) is -0.721. The molecule has 0 spiro atoms. The van der Waals surface area contributed by atoms with Gasteiger partial charge in [0, 0.05) is 19.6 Å². The summed E-state index contributed by atoms with van der Waals surface area (Å²) < 4.78 is 37.8. The maximum absolute atomic E-state index is 12.6. The molecule has 1 saturated heterocycles. The first-order valence-electron chi connectivity index (χ1n) is 6.99. The summed E-state index contributed by atoms with van der Waals surface area (Å²) in [6.07, 6.45) is -3.57. The molecule has 0 aliphatic carbocycles. The van der Waals surface area contributed by atoms with Crippen LogP contribution in [0, 0.1) is 5.92 Å². The molecule has 22 heavy (non-hydrogen) atoms. The third-order valence-corrected chi connectivity index (χ3v) is 4.04. The molecule has 0 saturated carbocycles. The molecule has 1 amide bonds. The zero-order valence-corrected chi connectivity index (χ0v) is 13.2. The minimum atomic E-state index is -4.46. The minimum Gasteiger partial charge on any atom is -0.338 e. The van der Waals surface area contributed by atoms with Gasteiger partial charge in [0.1, 0.15) is 0 Å². The average Bonchev–Trinajstić information content (AvgIpc) is 2.84. The molecule has 3 nitrogen and oxygen atoms in total. The molecule has 1 aromatic rings. The SMILES string of the molecule is CN(C)CC1CCN(C(=O)c2ccc(C(F)(F)F)cc2Cl)C1. The van der Waals surface area contributed by atoms with Gasteiger partial charge in [0.25, 0.3) is 5.91 Å². The fraction of sp³-hybridized carbons (Fsp3) is 0.533. The maximum Gasteiger partial charge on any atom is 0.416 e. The number of nitrogens with zero attached hydrogens (tertiary/aromatic N) is 2. The Morgan fingerprint density at radius 1 is 1.41 bits per heavy atom. The van der Waals surface area contributed by atoms with Gasteiger partial charge in [0.2, 0.25) is 0 Å². The van der Waals surface area contributed by atoms with E-state index < -0.39 is 11.7 Å². The molecule has 122 valence electrons. The van der Waals surface area contributed by atoms with E-state index in [9.17, 15) is 18.0 Å². The molecule has 7 heteroatoms. The lowest BCUT2D eigenvalue weighted by Gasteiger charge is -2.19. The standard InChI is InChI=1S/C15H18ClF3N2O/c1-20(2)8-10-5-6-21(9-10)14(22)12-4-3-11(7-13(12)16)15(17,18)19/h3-4,7,10H,5-6,8-9H2,1-2H3. The molecule has 1 heterocycles. The summed E-state index contributed by atoms with van der Waals surface area (Å²) in [7, 11) is 3.94. The van der Waals surface area contributed by atoms with E-state index in [2.05, 4.69) is 4.90 Å². The van der Waals surface area contributed by atoms with Gasteiger partial charge in [-0.3, -0.25) is 4.79 Å². The highest BCUT2D eigenvalue weighted by atomic mass is 35.5. The topological polar surface area (TPSA) is 23.6 Å². The Labute approximate surface area is 132 Å². The molecule has 1 fully saturated rings. The Balaban J connectivity index is 2.11. The number of rotatable bonds is 3. The number of benzene rings is 1. The van der Waals surface area contributed by atoms with Gasteiger partial charge in [-0.2, -0.15) is 13.2 Å². The molecule has 1 aliphatic rings. The molecule has 1 atom stereocenters. The van der Waals surface area contributed by atoms with E-state index in [-0.39, 0.29) is 16.5 Å². The Bertz CT molecular complexity index is 560. The highest BCUT2D eigenvalue weighted by Gasteiger charge is 2.33. The Morgan fingerprint density at radius 2 is 2.09 bits per heavy atom. The molecular weight excluding hydrogens is 317 g/mol. The van der Waals surface area contributed by atoms with E-state index in [1.807, 2.05) is 14.1 Å². The number of halogens is 4. The molecule has 1 aromatic carbocycles. The third-order valence-electron chi connectivity index (χ3n) is 3.72. The van der Waals surface area contributed by atoms with Crippen molar-refractivity contribution in [2.75, 3.05) is 33.7 Å². The summed E-state index contributed by atoms with van der Waals surface area (Å²) in [4.78, 5) is 16.1. The molecule has 0 N–H and O–H groups in total. The van der Waals surface area contributed by atoms with Crippen molar-refractivity contribution in [3.05, 3.63) is 34.3 Å². The highest BCUT2D eigenvalue weighted by molar-refractivity contribution is 6.33. The van der Waals surface area contributed by atoms with Crippen LogP contribution in [0.1, 0.15) is 22.3 Å². The van der Waals surface area contributed by atoms with Crippen LogP contribution < -0.4 is 0 Å². The van der Waals surface area contributed by atoms with E-state index in [1.54, 1.807) is 4.90 Å². The summed E-state index contributed by atoms with van der Waals surface area (Å²) >= 11 is 5.87. The fourth-order valence-electron chi connectivity index (χ4n) is 2.72. The van der Waals surface area contributed by atoms with Gasteiger partial charge in [-0.15, -0.1) is 0 Å². The lowest BCUT2D eigenvalue weighted by Crippen LogP contribution is -2.31. The zero-order chi connectivity index (χ0) is 16.5. The predicted molar refractivity (Wildman–Crippen MR) is 79.0 cm³/mol. The van der Waals surface area contributed by atoms with Crippen LogP contribution in [0.4, 0.5) is 13.2 Å². The second-order valence-electron chi connectivity index (χ2n) is 5.86. The van der Waals surface area contributed by atoms with Gasteiger partial charge in [-0.1, -0.05) is 11.6 Å². The quantitative estimate of drug-likeness (QED) is 0.846. The van der Waals surface area contributed by atoms with E-state index >= 15 is 0 Å². The summed E-state index contributed by atoms with van der Waals surface area (Å²) in [6, 6.07) is 2.86. The van der Waals surface area contributed by atoms with E-state index in [0.29, 0.717) is 19.0 Å². The van der Waals surface area contributed by atoms with Gasteiger partial charge < -0.3 is 9.80 Å². The van der Waals surface area contributed by atoms with Crippen molar-refractivity contribution in [3.63, 3.8) is 0 Å². The lowest BCUT2D eigenvalue weighted by atomic mass is 10.1. The minimum absolute atomic E-state index is 0.125. The van der Waals surface area contributed by atoms with Crippen molar-refractivity contribution >= 4 is 17.5 Å². The van der Waals surface area contributed by atoms with Gasteiger partial charge in [-0.05, 0) is 44.6 Å². The van der Waals surface area contributed by atoms with Crippen LogP contribution in [0.2, 0.25) is 5.02 Å². The first kappa shape index (κ1) is 17.1. The Morgan fingerprint density at radius 3 is 2.64 bits per heavy atom. The zero-order valence-electron chi connectivity index (χ0n) is 12.5. The Kier molecular flexibility index (Phi) is 5.02. The largest absolute Gasteiger partial charge is 0.416 e. The molecule has 1 unspecified atom stereocenters. The fourth-order valence-corrected chi connectivity index (χ4v) is 2.98. The van der Waals surface area contributed by atoms with Crippen LogP contribution in [0.3, 0.4) is 0 Å². The molecule has 0 bridgehead atoms. The lowest BCUT2D eigenvalue weighted by molar-refractivity contribution is -0.137. The van der Waals surface area contributed by atoms with Crippen molar-refractivity contribution in [2.45, 2.75) is 12.6 Å². The number of likely N-dealkylation sites (tertiary alicyclic amines) is 1. The number of carbonyl (C=O) groups excluding carboxylic acids is 1. The number of amides is 1. The van der Waals surface area contributed by atoms with Gasteiger partial charge in [0.05, 0.1) is 16.1 Å². The summed E-state index contributed by atoms with van der Waals surface area (Å²) in [6.45, 7) is 2.09. The van der Waals surface area contributed by atoms with Crippen LogP contribution in [-0.4, -0.2) is 49.4 Å². The van der Waals surface area contributed by atoms with Gasteiger partial charge in [-0.25, -0.2) is 0 Å². The van der Waals surface area contributed by atoms with E-state index in [1.165, 1.54) is 0 Å². The first-order chi connectivity index (χ1) is 10.2. The summed E-state index contributed by atoms with van der Waals surface area (Å²) in [5, 5.41) is -0.157. The first-order valence-corrected chi connectivity index (χ1v) is 7.37. The maximum atomic E-state index is 12.6. The predicted octanol–water partition coefficient (Wildman–Crippen LogP) is 3.38. The third kappa shape index (κ3) is 3.93. The van der Waals surface area contributed by atoms with Crippen molar-refractivity contribution in [1.82, 2.24) is 9.80 Å². The van der Waals surface area contributed by atoms with Gasteiger partial charge >= 0.3 is 6.18 Å². The van der Waals surface area contributed by atoms with E-state index in [0.717, 1.165) is 31.2 Å². The van der Waals surface area contributed by atoms with E-state index in [4.69, 9.17) is 11.6 Å². The van der Waals surface area contributed by atoms with Crippen LogP contribution >= 0.6 is 11.6 Å². The van der Waals surface area contributed by atoms with Crippen molar-refractivity contribution in [3.8, 4) is 0 Å². The summed E-state index contributed by atoms with van der Waals surface area (Å²) in [5.74, 6) is 0.0761. The normalized spacial score (nSPS) is 19.0. The second-order valence-corrected chi connectivity index (χ2v) is 6.27. The van der Waals surface area contributed by atoms with Crippen LogP contribution in [0.25, 0.3) is 0 Å². The molecule has 0 aromatic heterocycles. The van der Waals surface area contributed by atoms with Crippen molar-refractivity contribution in [2.24, 2.45) is 5.92 Å². The van der Waals surface area contributed by atoms with Crippen molar-refractivity contribution in [1.29, 1.82) is 0 Å². The molecule has 1 aliphatic heterocycles.